The number of halogens is 3. The Morgan fingerprint density at radius 1 is 1.12 bits per heavy atom. The van der Waals surface area contributed by atoms with Crippen molar-refractivity contribution >= 4 is 75.7 Å². The number of anilines is 1. The van der Waals surface area contributed by atoms with Gasteiger partial charge in [-0.05, 0) is 58.5 Å². The second-order valence-corrected chi connectivity index (χ2v) is 10.8. The van der Waals surface area contributed by atoms with Crippen molar-refractivity contribution in [2.75, 3.05) is 19.5 Å². The Kier molecular flexibility index (Phi) is 10.4. The Bertz CT molecular complexity index is 1620. The van der Waals surface area contributed by atoms with Crippen molar-refractivity contribution in [3.8, 4) is 16.8 Å². The van der Waals surface area contributed by atoms with Crippen LogP contribution in [0.15, 0.2) is 60.9 Å². The lowest BCUT2D eigenvalue weighted by atomic mass is 10.0. The molecule has 0 aliphatic carbocycles. The van der Waals surface area contributed by atoms with Gasteiger partial charge in [0.1, 0.15) is 6.33 Å². The van der Waals surface area contributed by atoms with Gasteiger partial charge in [-0.15, -0.1) is 10.2 Å². The highest BCUT2D eigenvalue weighted by Crippen LogP contribution is 2.30. The first-order chi connectivity index (χ1) is 20.1. The van der Waals surface area contributed by atoms with Crippen LogP contribution in [0, 0.1) is 0 Å². The molecule has 16 heteroatoms. The highest BCUT2D eigenvalue weighted by molar-refractivity contribution is 14.1. The average Bonchev–Trinajstić information content (AvgIpc) is 3.51. The molecule has 1 atom stereocenters. The molecule has 0 spiro atoms. The van der Waals surface area contributed by atoms with Gasteiger partial charge in [0.25, 0.3) is 0 Å². The molecule has 4 aromatic rings. The Labute approximate surface area is 263 Å². The largest absolute Gasteiger partial charge is 0.453 e. The van der Waals surface area contributed by atoms with Gasteiger partial charge >= 0.3 is 6.09 Å². The molecule has 2 aromatic carbocycles. The molecular weight excluding hydrogens is 700 g/mol. The monoisotopic (exact) mass is 721 g/mol. The fraction of sp³-hybridized carbons (Fsp3) is 0.154. The molecule has 0 unspecified atom stereocenters. The zero-order chi connectivity index (χ0) is 30.2. The quantitative estimate of drug-likeness (QED) is 0.142. The number of hydrogen-bond donors (Lipinski definition) is 2. The average molecular weight is 722 g/mol. The van der Waals surface area contributed by atoms with Gasteiger partial charge in [0, 0.05) is 35.0 Å². The molecular formula is C26H22Cl2IN9O4. The van der Waals surface area contributed by atoms with Crippen molar-refractivity contribution in [3.63, 3.8) is 0 Å². The number of amides is 3. The molecule has 2 heterocycles. The highest BCUT2D eigenvalue weighted by Gasteiger charge is 2.23. The molecule has 0 fully saturated rings. The molecule has 13 nitrogen and oxygen atoms in total. The maximum atomic E-state index is 13.1. The van der Waals surface area contributed by atoms with Crippen molar-refractivity contribution in [3.05, 3.63) is 82.4 Å². The second kappa shape index (κ2) is 14.2. The van der Waals surface area contributed by atoms with Crippen LogP contribution in [0.1, 0.15) is 23.7 Å². The number of carbonyl (C=O) groups is 3. The van der Waals surface area contributed by atoms with E-state index >= 15 is 0 Å². The molecule has 216 valence electrons. The van der Waals surface area contributed by atoms with Gasteiger partial charge in [-0.2, -0.15) is 9.78 Å². The fourth-order valence-corrected chi connectivity index (χ4v) is 4.30. The topological polar surface area (TPSA) is 157 Å². The standard InChI is InChI=1S/C26H22Cl2IN9O4/c1-37(29)24(40)13-20(32-23(39)10-5-16-11-17(27)6-9-22(16)38-14-30-35-36-38)21-12-19(25(28)34-33-21)15-3-7-18(8-4-15)31-26(41)42-2/h3-12,14,20H,13H2,1-2H3,(H,31,41)(H,32,39)/b10-5+/t20-/m0/s1. The summed E-state index contributed by atoms with van der Waals surface area (Å²) in [5.74, 6) is -0.750. The van der Waals surface area contributed by atoms with Crippen molar-refractivity contribution in [1.29, 1.82) is 0 Å². The van der Waals surface area contributed by atoms with E-state index in [9.17, 15) is 14.4 Å². The Hall–Kier alpha value is -4.15. The van der Waals surface area contributed by atoms with Gasteiger partial charge in [0.05, 0.1) is 53.8 Å². The Morgan fingerprint density at radius 3 is 2.55 bits per heavy atom. The normalized spacial score (nSPS) is 11.6. The predicted molar refractivity (Wildman–Crippen MR) is 164 cm³/mol. The highest BCUT2D eigenvalue weighted by atomic mass is 127. The van der Waals surface area contributed by atoms with E-state index < -0.39 is 18.0 Å². The van der Waals surface area contributed by atoms with E-state index in [-0.39, 0.29) is 17.5 Å². The summed E-state index contributed by atoms with van der Waals surface area (Å²) in [6.07, 6.45) is 3.59. The van der Waals surface area contributed by atoms with Crippen molar-refractivity contribution in [2.24, 2.45) is 0 Å². The number of nitrogens with one attached hydrogen (secondary N) is 2. The minimum absolute atomic E-state index is 0.0935. The van der Waals surface area contributed by atoms with E-state index in [4.69, 9.17) is 23.2 Å². The molecule has 42 heavy (non-hydrogen) atoms. The van der Waals surface area contributed by atoms with Crippen LogP contribution in [0.5, 0.6) is 0 Å². The van der Waals surface area contributed by atoms with Crippen LogP contribution in [0.25, 0.3) is 22.9 Å². The van der Waals surface area contributed by atoms with Crippen LogP contribution in [0.2, 0.25) is 10.2 Å². The van der Waals surface area contributed by atoms with Crippen LogP contribution in [0.4, 0.5) is 10.5 Å². The zero-order valence-corrected chi connectivity index (χ0v) is 25.7. The number of hydrogen-bond acceptors (Lipinski definition) is 9. The third kappa shape index (κ3) is 7.98. The van der Waals surface area contributed by atoms with E-state index in [1.54, 1.807) is 61.7 Å². The van der Waals surface area contributed by atoms with E-state index in [0.29, 0.717) is 38.8 Å². The predicted octanol–water partition coefficient (Wildman–Crippen LogP) is 4.67. The molecule has 0 aliphatic heterocycles. The van der Waals surface area contributed by atoms with Crippen molar-refractivity contribution in [1.82, 2.24) is 38.8 Å². The van der Waals surface area contributed by atoms with E-state index in [2.05, 4.69) is 41.1 Å². The zero-order valence-electron chi connectivity index (χ0n) is 22.0. The SMILES string of the molecule is COC(=O)Nc1ccc(-c2cc([C@H](CC(=O)N(C)I)NC(=O)/C=C/c3cc(Cl)ccc3-n3cnnn3)nnc2Cl)cc1. The van der Waals surface area contributed by atoms with Crippen LogP contribution in [-0.4, -0.2) is 65.6 Å². The van der Waals surface area contributed by atoms with Gasteiger partial charge in [0.15, 0.2) is 5.15 Å². The maximum absolute atomic E-state index is 13.1. The lowest BCUT2D eigenvalue weighted by Gasteiger charge is -2.19. The Balaban J connectivity index is 1.60. The van der Waals surface area contributed by atoms with Gasteiger partial charge in [-0.1, -0.05) is 35.3 Å². The minimum atomic E-state index is -0.839. The van der Waals surface area contributed by atoms with E-state index in [1.807, 2.05) is 22.9 Å². The van der Waals surface area contributed by atoms with Gasteiger partial charge in [0.2, 0.25) is 11.8 Å². The molecule has 0 bridgehead atoms. The minimum Gasteiger partial charge on any atom is -0.453 e. The number of tetrazole rings is 1. The Morgan fingerprint density at radius 2 is 1.88 bits per heavy atom. The summed E-state index contributed by atoms with van der Waals surface area (Å²) in [6, 6.07) is 12.7. The van der Waals surface area contributed by atoms with E-state index in [0.717, 1.165) is 0 Å². The first-order valence-electron chi connectivity index (χ1n) is 12.1. The first-order valence-corrected chi connectivity index (χ1v) is 13.8. The summed E-state index contributed by atoms with van der Waals surface area (Å²) in [5, 5.41) is 25.4. The molecule has 2 N–H and O–H groups in total. The summed E-state index contributed by atoms with van der Waals surface area (Å²) in [4.78, 5) is 37.2. The number of carbonyl (C=O) groups excluding carboxylic acids is 3. The van der Waals surface area contributed by atoms with E-state index in [1.165, 1.54) is 27.3 Å². The number of benzene rings is 2. The number of methoxy groups -OCH3 is 1. The van der Waals surface area contributed by atoms with Crippen LogP contribution < -0.4 is 10.6 Å². The molecule has 0 saturated heterocycles. The van der Waals surface area contributed by atoms with Gasteiger partial charge in [-0.25, -0.2) is 4.79 Å². The van der Waals surface area contributed by atoms with Gasteiger partial charge < -0.3 is 10.1 Å². The molecule has 0 aliphatic rings. The third-order valence-electron chi connectivity index (χ3n) is 5.79. The van der Waals surface area contributed by atoms with Crippen molar-refractivity contribution < 1.29 is 19.1 Å². The molecule has 0 saturated carbocycles. The summed E-state index contributed by atoms with van der Waals surface area (Å²) in [5.41, 5.74) is 3.21. The lowest BCUT2D eigenvalue weighted by molar-refractivity contribution is -0.125. The number of ether oxygens (including phenoxy) is 1. The number of aromatic nitrogens is 6. The van der Waals surface area contributed by atoms with Crippen molar-refractivity contribution in [2.45, 2.75) is 12.5 Å². The smallest absolute Gasteiger partial charge is 0.411 e. The second-order valence-electron chi connectivity index (χ2n) is 8.59. The molecule has 4 rings (SSSR count). The van der Waals surface area contributed by atoms with Crippen LogP contribution in [-0.2, 0) is 14.3 Å². The van der Waals surface area contributed by atoms with Gasteiger partial charge in [-0.3, -0.25) is 18.0 Å². The summed E-state index contributed by atoms with van der Waals surface area (Å²) < 4.78 is 7.43. The molecule has 3 amide bonds. The first kappa shape index (κ1) is 30.8. The summed E-state index contributed by atoms with van der Waals surface area (Å²) >= 11 is 14.4. The van der Waals surface area contributed by atoms with Crippen LogP contribution in [0.3, 0.4) is 0 Å². The third-order valence-corrected chi connectivity index (χ3v) is 6.84. The lowest BCUT2D eigenvalue weighted by Crippen LogP contribution is -2.32. The van der Waals surface area contributed by atoms with Crippen LogP contribution >= 0.6 is 46.1 Å². The molecule has 2 aromatic heterocycles. The summed E-state index contributed by atoms with van der Waals surface area (Å²) in [6.45, 7) is 0. The summed E-state index contributed by atoms with van der Waals surface area (Å²) in [7, 11) is 2.87. The molecule has 0 radical (unpaired) electrons. The number of rotatable bonds is 9. The fourth-order valence-electron chi connectivity index (χ4n) is 3.72. The maximum Gasteiger partial charge on any atom is 0.411 e. The number of nitrogens with zero attached hydrogens (tertiary/aromatic N) is 7.